The van der Waals surface area contributed by atoms with E-state index in [9.17, 15) is 24.3 Å². The molecule has 9 nitrogen and oxygen atoms in total. The number of nitrogens with zero attached hydrogens (tertiary/aromatic N) is 1. The van der Waals surface area contributed by atoms with Crippen molar-refractivity contribution in [2.45, 2.75) is 39.3 Å². The van der Waals surface area contributed by atoms with E-state index in [0.29, 0.717) is 34.3 Å². The van der Waals surface area contributed by atoms with Crippen molar-refractivity contribution < 1.29 is 24.3 Å². The number of aromatic hydroxyl groups is 1. The number of fused-ring (bicyclic) bond motifs is 2. The van der Waals surface area contributed by atoms with Crippen molar-refractivity contribution in [3.8, 4) is 5.75 Å². The molecule has 4 amide bonds. The molecular weight excluding hydrogens is 424 g/mol. The standard InChI is InChI=1S/C22H18N4O5.C2H6/c27-14-2-4-16-11(8-14)9-17(24-16)20(29)23-13-1-3-15-12(7-13)10-26(22(15)31)18-5-6-19(28)25-21(18)30;1-2/h1-4,7-9,18,24,27H,5-6,10H2,(H,23,29)(H,25,28,30);1-2H3. The Hall–Kier alpha value is -4.14. The van der Waals surface area contributed by atoms with E-state index >= 15 is 0 Å². The zero-order valence-electron chi connectivity index (χ0n) is 18.3. The van der Waals surface area contributed by atoms with Crippen LogP contribution in [0.3, 0.4) is 0 Å². The molecule has 1 atom stereocenters. The summed E-state index contributed by atoms with van der Waals surface area (Å²) in [7, 11) is 0. The average molecular weight is 448 g/mol. The van der Waals surface area contributed by atoms with Gasteiger partial charge in [0.15, 0.2) is 0 Å². The molecule has 3 heterocycles. The lowest BCUT2D eigenvalue weighted by Gasteiger charge is -2.29. The minimum Gasteiger partial charge on any atom is -0.508 e. The molecule has 1 unspecified atom stereocenters. The number of amides is 4. The van der Waals surface area contributed by atoms with Gasteiger partial charge in [0, 0.05) is 35.1 Å². The Kier molecular flexibility index (Phi) is 5.87. The van der Waals surface area contributed by atoms with Crippen molar-refractivity contribution >= 4 is 40.2 Å². The van der Waals surface area contributed by atoms with Gasteiger partial charge in [0.2, 0.25) is 11.8 Å². The maximum atomic E-state index is 12.8. The zero-order chi connectivity index (χ0) is 23.7. The van der Waals surface area contributed by atoms with E-state index in [-0.39, 0.29) is 36.4 Å². The third-order valence-electron chi connectivity index (χ3n) is 5.63. The summed E-state index contributed by atoms with van der Waals surface area (Å²) in [5.74, 6) is -1.31. The molecule has 0 radical (unpaired) electrons. The fourth-order valence-electron chi connectivity index (χ4n) is 4.09. The fraction of sp³-hybridized carbons (Fsp3) is 0.250. The first-order chi connectivity index (χ1) is 15.9. The van der Waals surface area contributed by atoms with Crippen molar-refractivity contribution in [2.75, 3.05) is 5.32 Å². The molecule has 2 aliphatic heterocycles. The summed E-state index contributed by atoms with van der Waals surface area (Å²) in [4.78, 5) is 53.4. The molecule has 1 fully saturated rings. The van der Waals surface area contributed by atoms with E-state index in [0.717, 1.165) is 5.52 Å². The maximum Gasteiger partial charge on any atom is 0.272 e. The van der Waals surface area contributed by atoms with Crippen molar-refractivity contribution in [1.29, 1.82) is 0 Å². The Morgan fingerprint density at radius 3 is 2.64 bits per heavy atom. The molecule has 3 aromatic rings. The van der Waals surface area contributed by atoms with Gasteiger partial charge in [-0.15, -0.1) is 0 Å². The Labute approximate surface area is 189 Å². The largest absolute Gasteiger partial charge is 0.508 e. The molecule has 0 aliphatic carbocycles. The van der Waals surface area contributed by atoms with Crippen LogP contribution in [0.25, 0.3) is 10.9 Å². The van der Waals surface area contributed by atoms with Gasteiger partial charge in [-0.1, -0.05) is 13.8 Å². The molecule has 9 heteroatoms. The number of H-pyrrole nitrogens is 1. The molecule has 1 aromatic heterocycles. The molecule has 2 aromatic carbocycles. The van der Waals surface area contributed by atoms with Crippen LogP contribution in [0, 0.1) is 0 Å². The molecular formula is C24H24N4O5. The van der Waals surface area contributed by atoms with Gasteiger partial charge < -0.3 is 20.3 Å². The fourth-order valence-corrected chi connectivity index (χ4v) is 4.09. The van der Waals surface area contributed by atoms with Crippen LogP contribution in [0.1, 0.15) is 53.1 Å². The van der Waals surface area contributed by atoms with E-state index in [1.807, 2.05) is 13.8 Å². The van der Waals surface area contributed by atoms with Crippen LogP contribution in [0.5, 0.6) is 5.75 Å². The number of anilines is 1. The van der Waals surface area contributed by atoms with Crippen molar-refractivity contribution in [1.82, 2.24) is 15.2 Å². The van der Waals surface area contributed by atoms with Crippen LogP contribution >= 0.6 is 0 Å². The number of piperidine rings is 1. The number of phenols is 1. The summed E-state index contributed by atoms with van der Waals surface area (Å²) >= 11 is 0. The quantitative estimate of drug-likeness (QED) is 0.458. The Balaban J connectivity index is 0.00000126. The topological polar surface area (TPSA) is 132 Å². The van der Waals surface area contributed by atoms with Gasteiger partial charge in [0.05, 0.1) is 0 Å². The van der Waals surface area contributed by atoms with Gasteiger partial charge in [0.25, 0.3) is 11.8 Å². The van der Waals surface area contributed by atoms with Crippen LogP contribution in [-0.4, -0.2) is 44.7 Å². The SMILES string of the molecule is CC.O=C1CCC(N2Cc3cc(NC(=O)c4cc5cc(O)ccc5[nH]4)ccc3C2=O)C(=O)N1. The number of hydrogen-bond acceptors (Lipinski definition) is 5. The van der Waals surface area contributed by atoms with E-state index in [1.165, 1.54) is 11.0 Å². The van der Waals surface area contributed by atoms with E-state index < -0.39 is 11.9 Å². The van der Waals surface area contributed by atoms with E-state index in [1.54, 1.807) is 36.4 Å². The number of imide groups is 1. The third kappa shape index (κ3) is 4.17. The average Bonchev–Trinajstić information content (AvgIpc) is 3.36. The monoisotopic (exact) mass is 448 g/mol. The summed E-state index contributed by atoms with van der Waals surface area (Å²) in [6.07, 6.45) is 0.490. The highest BCUT2D eigenvalue weighted by Gasteiger charge is 2.39. The summed E-state index contributed by atoms with van der Waals surface area (Å²) in [5.41, 5.74) is 2.76. The Morgan fingerprint density at radius 1 is 1.09 bits per heavy atom. The molecule has 4 N–H and O–H groups in total. The van der Waals surface area contributed by atoms with Crippen LogP contribution in [0.15, 0.2) is 42.5 Å². The number of aromatic amines is 1. The number of hydrogen-bond donors (Lipinski definition) is 4. The Bertz CT molecular complexity index is 1280. The number of benzene rings is 2. The van der Waals surface area contributed by atoms with Gasteiger partial charge in [-0.3, -0.25) is 24.5 Å². The summed E-state index contributed by atoms with van der Waals surface area (Å²) in [6, 6.07) is 10.7. The predicted octanol–water partition coefficient (Wildman–Crippen LogP) is 2.91. The summed E-state index contributed by atoms with van der Waals surface area (Å²) in [6.45, 7) is 4.23. The minimum atomic E-state index is -0.682. The van der Waals surface area contributed by atoms with E-state index in [4.69, 9.17) is 0 Å². The van der Waals surface area contributed by atoms with Crippen molar-refractivity contribution in [2.24, 2.45) is 0 Å². The summed E-state index contributed by atoms with van der Waals surface area (Å²) in [5, 5.41) is 15.4. The van der Waals surface area contributed by atoms with Crippen LogP contribution in [0.4, 0.5) is 5.69 Å². The highest BCUT2D eigenvalue weighted by molar-refractivity contribution is 6.08. The molecule has 0 bridgehead atoms. The Morgan fingerprint density at radius 2 is 1.88 bits per heavy atom. The van der Waals surface area contributed by atoms with Gasteiger partial charge >= 0.3 is 0 Å². The number of rotatable bonds is 3. The molecule has 1 saturated heterocycles. The summed E-state index contributed by atoms with van der Waals surface area (Å²) < 4.78 is 0. The predicted molar refractivity (Wildman–Crippen MR) is 122 cm³/mol. The lowest BCUT2D eigenvalue weighted by atomic mass is 10.0. The van der Waals surface area contributed by atoms with Crippen molar-refractivity contribution in [3.63, 3.8) is 0 Å². The first kappa shape index (κ1) is 22.1. The first-order valence-corrected chi connectivity index (χ1v) is 10.8. The molecule has 0 saturated carbocycles. The molecule has 0 spiro atoms. The van der Waals surface area contributed by atoms with Crippen molar-refractivity contribution in [3.05, 3.63) is 59.3 Å². The molecule has 170 valence electrons. The van der Waals surface area contributed by atoms with Crippen LogP contribution < -0.4 is 10.6 Å². The number of aromatic nitrogens is 1. The van der Waals surface area contributed by atoms with Gasteiger partial charge in [-0.05, 0) is 54.4 Å². The van der Waals surface area contributed by atoms with Crippen LogP contribution in [0.2, 0.25) is 0 Å². The highest BCUT2D eigenvalue weighted by atomic mass is 16.3. The lowest BCUT2D eigenvalue weighted by molar-refractivity contribution is -0.136. The second kappa shape index (κ2) is 8.78. The maximum absolute atomic E-state index is 12.8. The normalized spacial score (nSPS) is 17.3. The molecule has 5 rings (SSSR count). The highest BCUT2D eigenvalue weighted by Crippen LogP contribution is 2.30. The number of nitrogens with one attached hydrogen (secondary N) is 3. The molecule has 33 heavy (non-hydrogen) atoms. The second-order valence-corrected chi connectivity index (χ2v) is 7.68. The smallest absolute Gasteiger partial charge is 0.272 e. The van der Waals surface area contributed by atoms with Crippen LogP contribution in [-0.2, 0) is 16.1 Å². The number of carbonyl (C=O) groups excluding carboxylic acids is 4. The van der Waals surface area contributed by atoms with Gasteiger partial charge in [0.1, 0.15) is 17.5 Å². The second-order valence-electron chi connectivity index (χ2n) is 7.68. The third-order valence-corrected chi connectivity index (χ3v) is 5.63. The van der Waals surface area contributed by atoms with E-state index in [2.05, 4.69) is 15.6 Å². The molecule has 2 aliphatic rings. The lowest BCUT2D eigenvalue weighted by Crippen LogP contribution is -2.52. The van der Waals surface area contributed by atoms with Gasteiger partial charge in [-0.2, -0.15) is 0 Å². The first-order valence-electron chi connectivity index (χ1n) is 10.8. The van der Waals surface area contributed by atoms with Gasteiger partial charge in [-0.25, -0.2) is 0 Å². The minimum absolute atomic E-state index is 0.113. The zero-order valence-corrected chi connectivity index (χ0v) is 18.3. The number of phenolic OH excluding ortho intramolecular Hbond substituents is 1. The number of carbonyl (C=O) groups is 4.